The molecule has 0 spiro atoms. The predicted molar refractivity (Wildman–Crippen MR) is 181 cm³/mol. The van der Waals surface area contributed by atoms with E-state index in [4.69, 9.17) is 23.2 Å². The van der Waals surface area contributed by atoms with Crippen molar-refractivity contribution < 1.29 is 18.0 Å². The third kappa shape index (κ3) is 8.87. The molecular formula is C35H37Cl2N3O4S. The Morgan fingerprint density at radius 2 is 1.36 bits per heavy atom. The van der Waals surface area contributed by atoms with E-state index in [2.05, 4.69) is 5.32 Å². The second kappa shape index (κ2) is 14.5. The molecule has 1 N–H and O–H groups in total. The van der Waals surface area contributed by atoms with Crippen molar-refractivity contribution in [3.8, 4) is 0 Å². The number of rotatable bonds is 11. The first-order chi connectivity index (χ1) is 21.3. The number of halogens is 2. The zero-order valence-electron chi connectivity index (χ0n) is 25.7. The first-order valence-electron chi connectivity index (χ1n) is 14.5. The standard InChI is InChI=1S/C35H37Cl2N3O4S/c1-25-18-20-28(21-19-25)45(43,44)40(27-14-9-6-10-15-27)24-33(41)39(23-29-30(36)16-11-17-31(29)37)32(34(42)38-35(2,3)4)22-26-12-7-5-8-13-26/h5-21,32H,22-24H2,1-4H3,(H,38,42). The van der Waals surface area contributed by atoms with Crippen molar-refractivity contribution in [2.45, 2.75) is 57.1 Å². The van der Waals surface area contributed by atoms with Gasteiger partial charge < -0.3 is 10.2 Å². The summed E-state index contributed by atoms with van der Waals surface area (Å²) in [6.45, 7) is 6.73. The number of benzene rings is 4. The molecule has 0 saturated carbocycles. The molecule has 0 aliphatic rings. The molecule has 10 heteroatoms. The summed E-state index contributed by atoms with van der Waals surface area (Å²) in [5.74, 6) is -0.994. The average molecular weight is 667 g/mol. The van der Waals surface area contributed by atoms with Crippen molar-refractivity contribution in [3.63, 3.8) is 0 Å². The molecule has 0 radical (unpaired) electrons. The van der Waals surface area contributed by atoms with Crippen molar-refractivity contribution >= 4 is 50.7 Å². The van der Waals surface area contributed by atoms with Gasteiger partial charge in [0.05, 0.1) is 10.6 Å². The molecule has 4 aromatic carbocycles. The summed E-state index contributed by atoms with van der Waals surface area (Å²) in [6, 6.07) is 28.2. The molecule has 0 heterocycles. The molecular weight excluding hydrogens is 629 g/mol. The molecule has 236 valence electrons. The summed E-state index contributed by atoms with van der Waals surface area (Å²) >= 11 is 13.1. The summed E-state index contributed by atoms with van der Waals surface area (Å²) in [5, 5.41) is 3.65. The highest BCUT2D eigenvalue weighted by Crippen LogP contribution is 2.29. The molecule has 0 aromatic heterocycles. The highest BCUT2D eigenvalue weighted by atomic mass is 35.5. The summed E-state index contributed by atoms with van der Waals surface area (Å²) in [6.07, 6.45) is 0.173. The molecule has 0 fully saturated rings. The monoisotopic (exact) mass is 665 g/mol. The highest BCUT2D eigenvalue weighted by molar-refractivity contribution is 7.92. The van der Waals surface area contributed by atoms with E-state index in [-0.39, 0.29) is 17.9 Å². The normalized spacial score (nSPS) is 12.3. The molecule has 0 aliphatic heterocycles. The van der Waals surface area contributed by atoms with E-state index < -0.39 is 40.0 Å². The van der Waals surface area contributed by atoms with E-state index in [0.29, 0.717) is 21.3 Å². The Morgan fingerprint density at radius 1 is 0.800 bits per heavy atom. The zero-order chi connectivity index (χ0) is 32.8. The zero-order valence-corrected chi connectivity index (χ0v) is 28.0. The van der Waals surface area contributed by atoms with Gasteiger partial charge in [-0.15, -0.1) is 0 Å². The number of carbonyl (C=O) groups is 2. The van der Waals surface area contributed by atoms with Crippen LogP contribution in [0.3, 0.4) is 0 Å². The Kier molecular flexibility index (Phi) is 11.0. The van der Waals surface area contributed by atoms with Crippen molar-refractivity contribution in [2.75, 3.05) is 10.8 Å². The van der Waals surface area contributed by atoms with Gasteiger partial charge in [0.2, 0.25) is 11.8 Å². The molecule has 0 saturated heterocycles. The van der Waals surface area contributed by atoms with Crippen molar-refractivity contribution in [2.24, 2.45) is 0 Å². The number of aryl methyl sites for hydroxylation is 1. The first kappa shape index (κ1) is 34.0. The minimum Gasteiger partial charge on any atom is -0.350 e. The van der Waals surface area contributed by atoms with E-state index in [1.807, 2.05) is 58.0 Å². The Labute approximate surface area is 275 Å². The Bertz CT molecular complexity index is 1710. The maximum atomic E-state index is 14.5. The Hall–Kier alpha value is -3.85. The van der Waals surface area contributed by atoms with E-state index in [1.165, 1.54) is 17.0 Å². The summed E-state index contributed by atoms with van der Waals surface area (Å²) in [4.78, 5) is 29.9. The number of carbonyl (C=O) groups excluding carboxylic acids is 2. The number of sulfonamides is 1. The number of nitrogens with one attached hydrogen (secondary N) is 1. The number of anilines is 1. The largest absolute Gasteiger partial charge is 0.350 e. The molecule has 2 amide bonds. The van der Waals surface area contributed by atoms with Gasteiger partial charge in [0.1, 0.15) is 12.6 Å². The molecule has 7 nitrogen and oxygen atoms in total. The molecule has 45 heavy (non-hydrogen) atoms. The fourth-order valence-electron chi connectivity index (χ4n) is 4.82. The van der Waals surface area contributed by atoms with E-state index >= 15 is 0 Å². The van der Waals surface area contributed by atoms with E-state index in [0.717, 1.165) is 15.4 Å². The van der Waals surface area contributed by atoms with Crippen LogP contribution in [0.4, 0.5) is 5.69 Å². The van der Waals surface area contributed by atoms with Crippen molar-refractivity contribution in [3.05, 3.63) is 130 Å². The number of amides is 2. The molecule has 4 rings (SSSR count). The van der Waals surface area contributed by atoms with Crippen molar-refractivity contribution in [1.29, 1.82) is 0 Å². The lowest BCUT2D eigenvalue weighted by atomic mass is 10.0. The number of hydrogen-bond donors (Lipinski definition) is 1. The van der Waals surface area contributed by atoms with Crippen LogP contribution >= 0.6 is 23.2 Å². The first-order valence-corrected chi connectivity index (χ1v) is 16.7. The number of hydrogen-bond acceptors (Lipinski definition) is 4. The van der Waals surface area contributed by atoms with Gasteiger partial charge in [-0.05, 0) is 69.7 Å². The Morgan fingerprint density at radius 3 is 1.91 bits per heavy atom. The van der Waals surface area contributed by atoms with Gasteiger partial charge in [-0.1, -0.05) is 95.5 Å². The van der Waals surface area contributed by atoms with Crippen molar-refractivity contribution in [1.82, 2.24) is 10.2 Å². The van der Waals surface area contributed by atoms with Gasteiger partial charge in [0.25, 0.3) is 10.0 Å². The topological polar surface area (TPSA) is 86.8 Å². The van der Waals surface area contributed by atoms with Crippen LogP contribution in [0.5, 0.6) is 0 Å². The van der Waals surface area contributed by atoms with Gasteiger partial charge in [-0.3, -0.25) is 13.9 Å². The van der Waals surface area contributed by atoms with Crippen LogP contribution in [0.1, 0.15) is 37.5 Å². The molecule has 4 aromatic rings. The van der Waals surface area contributed by atoms with Crippen LogP contribution < -0.4 is 9.62 Å². The molecule has 1 unspecified atom stereocenters. The van der Waals surface area contributed by atoms with Crippen LogP contribution in [0, 0.1) is 6.92 Å². The smallest absolute Gasteiger partial charge is 0.264 e. The average Bonchev–Trinajstić information content (AvgIpc) is 2.99. The lowest BCUT2D eigenvalue weighted by molar-refractivity contribution is -0.140. The second-order valence-electron chi connectivity index (χ2n) is 11.8. The van der Waals surface area contributed by atoms with Gasteiger partial charge in [0, 0.05) is 34.1 Å². The quantitative estimate of drug-likeness (QED) is 0.186. The van der Waals surface area contributed by atoms with E-state index in [9.17, 15) is 18.0 Å². The van der Waals surface area contributed by atoms with Crippen LogP contribution in [-0.2, 0) is 32.6 Å². The fourth-order valence-corrected chi connectivity index (χ4v) is 6.75. The third-order valence-corrected chi connectivity index (χ3v) is 9.59. The summed E-state index contributed by atoms with van der Waals surface area (Å²) in [5.41, 5.74) is 1.87. The highest BCUT2D eigenvalue weighted by Gasteiger charge is 2.36. The lowest BCUT2D eigenvalue weighted by Crippen LogP contribution is -2.56. The Balaban J connectivity index is 1.83. The van der Waals surface area contributed by atoms with Gasteiger partial charge >= 0.3 is 0 Å². The summed E-state index contributed by atoms with van der Waals surface area (Å²) in [7, 11) is -4.19. The van der Waals surface area contributed by atoms with Crippen LogP contribution in [-0.4, -0.2) is 43.3 Å². The van der Waals surface area contributed by atoms with Gasteiger partial charge in [-0.2, -0.15) is 0 Å². The minimum atomic E-state index is -4.19. The van der Waals surface area contributed by atoms with Crippen LogP contribution in [0.25, 0.3) is 0 Å². The third-order valence-electron chi connectivity index (χ3n) is 7.09. The second-order valence-corrected chi connectivity index (χ2v) is 14.5. The lowest BCUT2D eigenvalue weighted by Gasteiger charge is -2.35. The summed E-state index contributed by atoms with van der Waals surface area (Å²) < 4.78 is 29.2. The fraction of sp³-hybridized carbons (Fsp3) is 0.257. The maximum absolute atomic E-state index is 14.5. The SMILES string of the molecule is Cc1ccc(S(=O)(=O)N(CC(=O)N(Cc2c(Cl)cccc2Cl)C(Cc2ccccc2)C(=O)NC(C)(C)C)c2ccccc2)cc1. The predicted octanol–water partition coefficient (Wildman–Crippen LogP) is 7.05. The molecule has 0 aliphatic carbocycles. The van der Waals surface area contributed by atoms with Crippen LogP contribution in [0.15, 0.2) is 108 Å². The van der Waals surface area contributed by atoms with Gasteiger partial charge in [0.15, 0.2) is 0 Å². The number of para-hydroxylation sites is 1. The molecule has 0 bridgehead atoms. The van der Waals surface area contributed by atoms with Crippen LogP contribution in [0.2, 0.25) is 10.0 Å². The maximum Gasteiger partial charge on any atom is 0.264 e. The van der Waals surface area contributed by atoms with E-state index in [1.54, 1.807) is 60.7 Å². The van der Waals surface area contributed by atoms with Gasteiger partial charge in [-0.25, -0.2) is 8.42 Å². The molecule has 1 atom stereocenters. The minimum absolute atomic E-state index is 0.0387. The number of nitrogens with zero attached hydrogens (tertiary/aromatic N) is 2.